The number of halogens is 1. The Hall–Kier alpha value is -0.870. The maximum atomic E-state index is 10.6. The van der Waals surface area contributed by atoms with E-state index in [-0.39, 0.29) is 12.5 Å². The van der Waals surface area contributed by atoms with Crippen LogP contribution >= 0.6 is 15.9 Å². The maximum Gasteiger partial charge on any atom is 0.216 e. The summed E-state index contributed by atoms with van der Waals surface area (Å²) < 4.78 is 0.966. The lowest BCUT2D eigenvalue weighted by atomic mass is 10.1. The summed E-state index contributed by atoms with van der Waals surface area (Å²) in [5.41, 5.74) is 0.793. The minimum Gasteiger partial charge on any atom is -0.387 e. The molecule has 0 saturated carbocycles. The normalized spacial score (nSPS) is 12.2. The Kier molecular flexibility index (Phi) is 4.10. The van der Waals surface area contributed by atoms with Crippen molar-refractivity contribution in [2.75, 3.05) is 6.54 Å². The molecule has 14 heavy (non-hydrogen) atoms. The van der Waals surface area contributed by atoms with Crippen LogP contribution in [0.4, 0.5) is 0 Å². The predicted molar refractivity (Wildman–Crippen MR) is 57.8 cm³/mol. The first-order valence-corrected chi connectivity index (χ1v) is 5.07. The molecule has 0 aromatic heterocycles. The average Bonchev–Trinajstić information content (AvgIpc) is 2.15. The Balaban J connectivity index is 2.56. The lowest BCUT2D eigenvalue weighted by Gasteiger charge is -2.11. The van der Waals surface area contributed by atoms with Crippen LogP contribution in [0.25, 0.3) is 0 Å². The largest absolute Gasteiger partial charge is 0.387 e. The third-order valence-electron chi connectivity index (χ3n) is 1.80. The van der Waals surface area contributed by atoms with Gasteiger partial charge in [-0.2, -0.15) is 0 Å². The van der Waals surface area contributed by atoms with Crippen molar-refractivity contribution < 1.29 is 9.90 Å². The number of aliphatic hydroxyl groups excluding tert-OH is 1. The molecule has 0 fully saturated rings. The molecule has 0 aliphatic heterocycles. The van der Waals surface area contributed by atoms with Gasteiger partial charge < -0.3 is 10.4 Å². The Labute approximate surface area is 91.3 Å². The Morgan fingerprint density at radius 1 is 1.50 bits per heavy atom. The lowest BCUT2D eigenvalue weighted by Crippen LogP contribution is -2.25. The molecule has 4 heteroatoms. The smallest absolute Gasteiger partial charge is 0.216 e. The number of carbonyl (C=O) groups excluding carboxylic acids is 1. The molecule has 1 atom stereocenters. The van der Waals surface area contributed by atoms with Gasteiger partial charge in [-0.15, -0.1) is 0 Å². The monoisotopic (exact) mass is 257 g/mol. The van der Waals surface area contributed by atoms with Crippen LogP contribution < -0.4 is 5.32 Å². The van der Waals surface area contributed by atoms with Crippen LogP contribution in [-0.2, 0) is 4.79 Å². The molecule has 1 amide bonds. The van der Waals surface area contributed by atoms with E-state index >= 15 is 0 Å². The molecule has 2 N–H and O–H groups in total. The van der Waals surface area contributed by atoms with Crippen LogP contribution in [-0.4, -0.2) is 17.6 Å². The molecule has 3 nitrogen and oxygen atoms in total. The first kappa shape index (κ1) is 11.2. The highest BCUT2D eigenvalue weighted by molar-refractivity contribution is 9.10. The molecular weight excluding hydrogens is 246 g/mol. The van der Waals surface area contributed by atoms with Gasteiger partial charge in [0.15, 0.2) is 0 Å². The van der Waals surface area contributed by atoms with Gasteiger partial charge >= 0.3 is 0 Å². The first-order valence-electron chi connectivity index (χ1n) is 4.27. The van der Waals surface area contributed by atoms with Gasteiger partial charge in [-0.25, -0.2) is 0 Å². The maximum absolute atomic E-state index is 10.6. The van der Waals surface area contributed by atoms with Crippen LogP contribution in [0.3, 0.4) is 0 Å². The summed E-state index contributed by atoms with van der Waals surface area (Å²) >= 11 is 3.31. The second-order valence-electron chi connectivity index (χ2n) is 3.00. The summed E-state index contributed by atoms with van der Waals surface area (Å²) in [6.45, 7) is 1.67. The third-order valence-corrected chi connectivity index (χ3v) is 2.33. The van der Waals surface area contributed by atoms with Gasteiger partial charge in [0.05, 0.1) is 6.10 Å². The number of hydrogen-bond acceptors (Lipinski definition) is 2. The summed E-state index contributed by atoms with van der Waals surface area (Å²) in [6, 6.07) is 7.34. The zero-order valence-corrected chi connectivity index (χ0v) is 9.41. The molecule has 0 aliphatic rings. The van der Waals surface area contributed by atoms with Crippen molar-refractivity contribution in [1.29, 1.82) is 0 Å². The Morgan fingerprint density at radius 3 is 2.57 bits per heavy atom. The van der Waals surface area contributed by atoms with Crippen LogP contribution in [0, 0.1) is 0 Å². The van der Waals surface area contributed by atoms with Crippen LogP contribution in [0.2, 0.25) is 0 Å². The van der Waals surface area contributed by atoms with Crippen molar-refractivity contribution in [2.24, 2.45) is 0 Å². The van der Waals surface area contributed by atoms with Crippen LogP contribution in [0.1, 0.15) is 18.6 Å². The molecule has 1 aromatic rings. The lowest BCUT2D eigenvalue weighted by molar-refractivity contribution is -0.119. The quantitative estimate of drug-likeness (QED) is 0.865. The summed E-state index contributed by atoms with van der Waals surface area (Å²) in [5.74, 6) is -0.138. The zero-order chi connectivity index (χ0) is 10.6. The minimum absolute atomic E-state index is 0.138. The van der Waals surface area contributed by atoms with Crippen molar-refractivity contribution in [1.82, 2.24) is 5.32 Å². The zero-order valence-electron chi connectivity index (χ0n) is 7.83. The van der Waals surface area contributed by atoms with E-state index < -0.39 is 6.10 Å². The standard InChI is InChI=1S/C10H12BrNO2/c1-7(13)12-6-10(14)8-2-4-9(11)5-3-8/h2-5,10,14H,6H2,1H3,(H,12,13). The topological polar surface area (TPSA) is 49.3 Å². The van der Waals surface area contributed by atoms with Crippen LogP contribution in [0.5, 0.6) is 0 Å². The van der Waals surface area contributed by atoms with Gasteiger partial charge in [-0.05, 0) is 17.7 Å². The summed E-state index contributed by atoms with van der Waals surface area (Å²) in [4.78, 5) is 10.6. The van der Waals surface area contributed by atoms with E-state index in [2.05, 4.69) is 21.2 Å². The number of hydrogen-bond donors (Lipinski definition) is 2. The average molecular weight is 258 g/mol. The summed E-state index contributed by atoms with van der Waals surface area (Å²) in [5, 5.41) is 12.2. The molecule has 1 unspecified atom stereocenters. The van der Waals surface area contributed by atoms with E-state index in [1.807, 2.05) is 24.3 Å². The van der Waals surface area contributed by atoms with E-state index in [9.17, 15) is 9.90 Å². The number of aliphatic hydroxyl groups is 1. The first-order chi connectivity index (χ1) is 6.59. The molecule has 0 aliphatic carbocycles. The van der Waals surface area contributed by atoms with Crippen molar-refractivity contribution in [3.8, 4) is 0 Å². The van der Waals surface area contributed by atoms with Crippen molar-refractivity contribution >= 4 is 21.8 Å². The van der Waals surface area contributed by atoms with E-state index in [1.165, 1.54) is 6.92 Å². The highest BCUT2D eigenvalue weighted by Crippen LogP contribution is 2.15. The SMILES string of the molecule is CC(=O)NCC(O)c1ccc(Br)cc1. The van der Waals surface area contributed by atoms with E-state index in [1.54, 1.807) is 0 Å². The minimum atomic E-state index is -0.646. The van der Waals surface area contributed by atoms with Crippen molar-refractivity contribution in [2.45, 2.75) is 13.0 Å². The highest BCUT2D eigenvalue weighted by Gasteiger charge is 2.06. The number of benzene rings is 1. The number of nitrogens with one attached hydrogen (secondary N) is 1. The number of rotatable bonds is 3. The molecule has 0 bridgehead atoms. The fourth-order valence-corrected chi connectivity index (χ4v) is 1.31. The summed E-state index contributed by atoms with van der Waals surface area (Å²) in [6.07, 6.45) is -0.646. The Morgan fingerprint density at radius 2 is 2.07 bits per heavy atom. The van der Waals surface area contributed by atoms with Gasteiger partial charge in [-0.3, -0.25) is 4.79 Å². The molecule has 0 spiro atoms. The van der Waals surface area contributed by atoms with E-state index in [4.69, 9.17) is 0 Å². The Bertz CT molecular complexity index is 310. The molecule has 76 valence electrons. The van der Waals surface area contributed by atoms with Crippen molar-refractivity contribution in [3.63, 3.8) is 0 Å². The molecule has 1 aromatic carbocycles. The molecule has 1 rings (SSSR count). The number of carbonyl (C=O) groups is 1. The van der Waals surface area contributed by atoms with E-state index in [0.29, 0.717) is 0 Å². The van der Waals surface area contributed by atoms with Gasteiger partial charge in [0.1, 0.15) is 0 Å². The summed E-state index contributed by atoms with van der Waals surface area (Å²) in [7, 11) is 0. The molecule has 0 radical (unpaired) electrons. The molecular formula is C10H12BrNO2. The van der Waals surface area contributed by atoms with Gasteiger partial charge in [-0.1, -0.05) is 28.1 Å². The second kappa shape index (κ2) is 5.12. The van der Waals surface area contributed by atoms with Crippen molar-refractivity contribution in [3.05, 3.63) is 34.3 Å². The second-order valence-corrected chi connectivity index (χ2v) is 3.92. The molecule has 0 heterocycles. The number of amides is 1. The van der Waals surface area contributed by atoms with Gasteiger partial charge in [0.25, 0.3) is 0 Å². The van der Waals surface area contributed by atoms with E-state index in [0.717, 1.165) is 10.0 Å². The third kappa shape index (κ3) is 3.47. The van der Waals surface area contributed by atoms with Crippen LogP contribution in [0.15, 0.2) is 28.7 Å². The van der Waals surface area contributed by atoms with Gasteiger partial charge in [0, 0.05) is 17.9 Å². The fraction of sp³-hybridized carbons (Fsp3) is 0.300. The highest BCUT2D eigenvalue weighted by atomic mass is 79.9. The van der Waals surface area contributed by atoms with Gasteiger partial charge in [0.2, 0.25) is 5.91 Å². The predicted octanol–water partition coefficient (Wildman–Crippen LogP) is 1.62. The molecule has 0 saturated heterocycles. The fourth-order valence-electron chi connectivity index (χ4n) is 1.04.